The molecule has 0 spiro atoms. The number of unbranched alkanes of at least 4 members (excludes halogenated alkanes) is 3. The monoisotopic (exact) mass is 295 g/mol. The van der Waals surface area contributed by atoms with Crippen molar-refractivity contribution in [2.75, 3.05) is 38.0 Å². The van der Waals surface area contributed by atoms with Gasteiger partial charge in [0.2, 0.25) is 0 Å². The van der Waals surface area contributed by atoms with Crippen LogP contribution >= 0.6 is 11.8 Å². The summed E-state index contributed by atoms with van der Waals surface area (Å²) in [5, 5.41) is 3.35. The van der Waals surface area contributed by atoms with Gasteiger partial charge < -0.3 is 10.2 Å². The van der Waals surface area contributed by atoms with E-state index in [4.69, 9.17) is 0 Å². The number of thioether (sulfide) groups is 1. The summed E-state index contributed by atoms with van der Waals surface area (Å²) in [6, 6.07) is 3.72. The summed E-state index contributed by atoms with van der Waals surface area (Å²) in [7, 11) is 3.47. The summed E-state index contributed by atoms with van der Waals surface area (Å²) in [5.41, 5.74) is 1.45. The van der Waals surface area contributed by atoms with Crippen LogP contribution in [0.3, 0.4) is 0 Å². The fourth-order valence-electron chi connectivity index (χ4n) is 1.84. The van der Waals surface area contributed by atoms with E-state index in [1.54, 1.807) is 20.3 Å². The molecule has 112 valence electrons. The maximum atomic E-state index is 11.8. The van der Waals surface area contributed by atoms with Crippen molar-refractivity contribution < 1.29 is 4.79 Å². The standard InChI is InChI=1S/C15H25N3OS/c1-18(2)15(19)14-12-13(8-10-17-14)16-9-6-4-5-7-11-20-3/h8,10,12H,4-7,9,11H2,1-3H3,(H,16,17). The summed E-state index contributed by atoms with van der Waals surface area (Å²) < 4.78 is 0. The first-order chi connectivity index (χ1) is 9.65. The van der Waals surface area contributed by atoms with Gasteiger partial charge in [-0.3, -0.25) is 9.78 Å². The molecule has 0 aliphatic heterocycles. The second kappa shape index (κ2) is 9.64. The zero-order valence-electron chi connectivity index (χ0n) is 12.7. The van der Waals surface area contributed by atoms with Crippen molar-refractivity contribution >= 4 is 23.4 Å². The smallest absolute Gasteiger partial charge is 0.272 e. The SMILES string of the molecule is CSCCCCCCNc1ccnc(C(=O)N(C)C)c1. The van der Waals surface area contributed by atoms with Crippen LogP contribution in [-0.4, -0.2) is 48.4 Å². The molecule has 0 atom stereocenters. The van der Waals surface area contributed by atoms with Crippen LogP contribution in [0.1, 0.15) is 36.2 Å². The molecule has 0 aromatic carbocycles. The predicted molar refractivity (Wildman–Crippen MR) is 87.6 cm³/mol. The lowest BCUT2D eigenvalue weighted by Crippen LogP contribution is -2.22. The van der Waals surface area contributed by atoms with Crippen LogP contribution < -0.4 is 5.32 Å². The van der Waals surface area contributed by atoms with Crippen LogP contribution in [0.15, 0.2) is 18.3 Å². The van der Waals surface area contributed by atoms with Crippen molar-refractivity contribution in [3.05, 3.63) is 24.0 Å². The van der Waals surface area contributed by atoms with E-state index < -0.39 is 0 Å². The Kier molecular flexibility index (Phi) is 8.11. The van der Waals surface area contributed by atoms with E-state index in [1.165, 1.54) is 29.9 Å². The fourth-order valence-corrected chi connectivity index (χ4v) is 2.34. The van der Waals surface area contributed by atoms with Crippen molar-refractivity contribution in [3.63, 3.8) is 0 Å². The Labute approximate surface area is 126 Å². The van der Waals surface area contributed by atoms with Gasteiger partial charge in [-0.05, 0) is 37.0 Å². The van der Waals surface area contributed by atoms with Gasteiger partial charge in [0.15, 0.2) is 0 Å². The number of aromatic nitrogens is 1. The number of carbonyl (C=O) groups excluding carboxylic acids is 1. The van der Waals surface area contributed by atoms with Crippen molar-refractivity contribution in [1.29, 1.82) is 0 Å². The molecule has 1 amide bonds. The van der Waals surface area contributed by atoms with Crippen LogP contribution in [0.2, 0.25) is 0 Å². The van der Waals surface area contributed by atoms with Crippen LogP contribution in [0.25, 0.3) is 0 Å². The molecular weight excluding hydrogens is 270 g/mol. The summed E-state index contributed by atoms with van der Waals surface area (Å²) in [4.78, 5) is 17.5. The second-order valence-electron chi connectivity index (χ2n) is 4.96. The van der Waals surface area contributed by atoms with Crippen molar-refractivity contribution in [2.45, 2.75) is 25.7 Å². The molecule has 1 rings (SSSR count). The zero-order valence-corrected chi connectivity index (χ0v) is 13.5. The molecular formula is C15H25N3OS. The third-order valence-electron chi connectivity index (χ3n) is 2.99. The molecule has 1 heterocycles. The number of nitrogens with zero attached hydrogens (tertiary/aromatic N) is 2. The average Bonchev–Trinajstić information content (AvgIpc) is 2.45. The quantitative estimate of drug-likeness (QED) is 0.711. The molecule has 1 aromatic rings. The fraction of sp³-hybridized carbons (Fsp3) is 0.600. The van der Waals surface area contributed by atoms with E-state index in [0.717, 1.165) is 18.7 Å². The maximum Gasteiger partial charge on any atom is 0.272 e. The zero-order chi connectivity index (χ0) is 14.8. The van der Waals surface area contributed by atoms with E-state index in [9.17, 15) is 4.79 Å². The summed E-state index contributed by atoms with van der Waals surface area (Å²) in [6.07, 6.45) is 8.84. The van der Waals surface area contributed by atoms with Gasteiger partial charge in [0.25, 0.3) is 5.91 Å². The number of amides is 1. The van der Waals surface area contributed by atoms with Crippen LogP contribution in [-0.2, 0) is 0 Å². The number of pyridine rings is 1. The summed E-state index contributed by atoms with van der Waals surface area (Å²) in [6.45, 7) is 0.943. The highest BCUT2D eigenvalue weighted by Gasteiger charge is 2.09. The van der Waals surface area contributed by atoms with Gasteiger partial charge >= 0.3 is 0 Å². The Bertz CT molecular complexity index is 410. The minimum Gasteiger partial charge on any atom is -0.385 e. The maximum absolute atomic E-state index is 11.8. The normalized spacial score (nSPS) is 10.3. The molecule has 20 heavy (non-hydrogen) atoms. The number of carbonyl (C=O) groups is 1. The third kappa shape index (κ3) is 6.28. The minimum atomic E-state index is -0.0642. The molecule has 0 saturated carbocycles. The Morgan fingerprint density at radius 1 is 1.30 bits per heavy atom. The minimum absolute atomic E-state index is 0.0642. The largest absolute Gasteiger partial charge is 0.385 e. The molecule has 5 heteroatoms. The first kappa shape index (κ1) is 16.8. The molecule has 0 saturated heterocycles. The second-order valence-corrected chi connectivity index (χ2v) is 5.95. The number of hydrogen-bond acceptors (Lipinski definition) is 4. The lowest BCUT2D eigenvalue weighted by molar-refractivity contribution is 0.0822. The number of nitrogens with one attached hydrogen (secondary N) is 1. The van der Waals surface area contributed by atoms with Gasteiger partial charge in [-0.1, -0.05) is 12.8 Å². The van der Waals surface area contributed by atoms with E-state index in [2.05, 4.69) is 16.6 Å². The van der Waals surface area contributed by atoms with Gasteiger partial charge in [0.1, 0.15) is 5.69 Å². The average molecular weight is 295 g/mol. The molecule has 0 aliphatic rings. The van der Waals surface area contributed by atoms with E-state index in [1.807, 2.05) is 23.9 Å². The number of hydrogen-bond donors (Lipinski definition) is 1. The number of anilines is 1. The van der Waals surface area contributed by atoms with Gasteiger partial charge in [0.05, 0.1) is 0 Å². The van der Waals surface area contributed by atoms with E-state index in [0.29, 0.717) is 5.69 Å². The molecule has 4 nitrogen and oxygen atoms in total. The Hall–Kier alpha value is -1.23. The van der Waals surface area contributed by atoms with Crippen LogP contribution in [0.4, 0.5) is 5.69 Å². The third-order valence-corrected chi connectivity index (χ3v) is 3.69. The van der Waals surface area contributed by atoms with Crippen molar-refractivity contribution in [3.8, 4) is 0 Å². The topological polar surface area (TPSA) is 45.2 Å². The van der Waals surface area contributed by atoms with Crippen LogP contribution in [0.5, 0.6) is 0 Å². The predicted octanol–water partition coefficient (Wildman–Crippen LogP) is 3.12. The van der Waals surface area contributed by atoms with Crippen molar-refractivity contribution in [1.82, 2.24) is 9.88 Å². The highest BCUT2D eigenvalue weighted by Crippen LogP contribution is 2.10. The lowest BCUT2D eigenvalue weighted by atomic mass is 10.2. The van der Waals surface area contributed by atoms with Crippen LogP contribution in [0, 0.1) is 0 Å². The highest BCUT2D eigenvalue weighted by molar-refractivity contribution is 7.98. The van der Waals surface area contributed by atoms with Gasteiger partial charge in [-0.25, -0.2) is 0 Å². The first-order valence-corrected chi connectivity index (χ1v) is 8.45. The first-order valence-electron chi connectivity index (χ1n) is 7.05. The van der Waals surface area contributed by atoms with E-state index in [-0.39, 0.29) is 5.91 Å². The molecule has 0 bridgehead atoms. The Balaban J connectivity index is 2.30. The lowest BCUT2D eigenvalue weighted by Gasteiger charge is -2.11. The Morgan fingerprint density at radius 2 is 2.05 bits per heavy atom. The highest BCUT2D eigenvalue weighted by atomic mass is 32.2. The van der Waals surface area contributed by atoms with Crippen molar-refractivity contribution in [2.24, 2.45) is 0 Å². The van der Waals surface area contributed by atoms with Gasteiger partial charge in [-0.15, -0.1) is 0 Å². The molecule has 0 fully saturated rings. The summed E-state index contributed by atoms with van der Waals surface area (Å²) >= 11 is 1.91. The molecule has 0 radical (unpaired) electrons. The van der Waals surface area contributed by atoms with Gasteiger partial charge in [0, 0.05) is 32.5 Å². The molecule has 0 unspecified atom stereocenters. The Morgan fingerprint density at radius 3 is 2.75 bits per heavy atom. The van der Waals surface area contributed by atoms with Gasteiger partial charge in [-0.2, -0.15) is 11.8 Å². The number of rotatable bonds is 9. The summed E-state index contributed by atoms with van der Waals surface area (Å²) in [5.74, 6) is 1.19. The molecule has 0 aliphatic carbocycles. The molecule has 1 N–H and O–H groups in total. The van der Waals surface area contributed by atoms with E-state index >= 15 is 0 Å². The molecule has 1 aromatic heterocycles.